The van der Waals surface area contributed by atoms with Crippen LogP contribution in [0.25, 0.3) is 5.69 Å². The molecule has 1 aromatic carbocycles. The van der Waals surface area contributed by atoms with Crippen molar-refractivity contribution in [2.24, 2.45) is 0 Å². The summed E-state index contributed by atoms with van der Waals surface area (Å²) < 4.78 is 27.7. The fraction of sp³-hybridized carbons (Fsp3) is 0.435. The molecule has 10 heteroatoms. The molecule has 1 aliphatic carbocycles. The number of hydrogen-bond donors (Lipinski definition) is 1. The Morgan fingerprint density at radius 1 is 1.21 bits per heavy atom. The monoisotopic (exact) mass is 485 g/mol. The summed E-state index contributed by atoms with van der Waals surface area (Å²) in [6.45, 7) is 1.84. The lowest BCUT2D eigenvalue weighted by atomic mass is 10.0. The van der Waals surface area contributed by atoms with Crippen molar-refractivity contribution >= 4 is 33.3 Å². The predicted octanol–water partition coefficient (Wildman–Crippen LogP) is 3.35. The predicted molar refractivity (Wildman–Crippen MR) is 129 cm³/mol. The third-order valence-electron chi connectivity index (χ3n) is 6.13. The van der Waals surface area contributed by atoms with Gasteiger partial charge in [0.1, 0.15) is 5.82 Å². The van der Waals surface area contributed by atoms with Crippen LogP contribution in [-0.2, 0) is 27.5 Å². The Balaban J connectivity index is 1.33. The van der Waals surface area contributed by atoms with Gasteiger partial charge in [-0.1, -0.05) is 30.0 Å². The van der Waals surface area contributed by atoms with Crippen molar-refractivity contribution in [3.8, 4) is 5.69 Å². The molecule has 0 spiro atoms. The van der Waals surface area contributed by atoms with Crippen molar-refractivity contribution in [3.05, 3.63) is 53.5 Å². The van der Waals surface area contributed by atoms with Crippen LogP contribution in [0.2, 0.25) is 0 Å². The first-order valence-corrected chi connectivity index (χ1v) is 14.1. The summed E-state index contributed by atoms with van der Waals surface area (Å²) in [7, 11) is -3.05. The van der Waals surface area contributed by atoms with E-state index < -0.39 is 9.84 Å². The summed E-state index contributed by atoms with van der Waals surface area (Å²) in [6, 6.07) is 11.7. The zero-order valence-electron chi connectivity index (χ0n) is 18.5. The Morgan fingerprint density at radius 3 is 2.76 bits per heavy atom. The second-order valence-electron chi connectivity index (χ2n) is 8.68. The van der Waals surface area contributed by atoms with Gasteiger partial charge in [0.2, 0.25) is 5.91 Å². The summed E-state index contributed by atoms with van der Waals surface area (Å²) in [6.07, 6.45) is 4.77. The Hall–Kier alpha value is -2.59. The number of thioether (sulfide) groups is 1. The van der Waals surface area contributed by atoms with Crippen LogP contribution in [0.1, 0.15) is 42.4 Å². The number of aryl methyl sites for hydroxylation is 2. The molecular weight excluding hydrogens is 458 g/mol. The van der Waals surface area contributed by atoms with Crippen LogP contribution in [0.4, 0.5) is 5.82 Å². The number of para-hydroxylation sites is 1. The van der Waals surface area contributed by atoms with E-state index >= 15 is 0 Å². The molecule has 0 bridgehead atoms. The number of nitrogens with one attached hydrogen (secondary N) is 1. The van der Waals surface area contributed by atoms with Crippen LogP contribution >= 0.6 is 11.8 Å². The minimum atomic E-state index is -3.05. The number of sulfone groups is 1. The molecule has 33 heavy (non-hydrogen) atoms. The first-order chi connectivity index (χ1) is 15.9. The zero-order valence-corrected chi connectivity index (χ0v) is 20.2. The van der Waals surface area contributed by atoms with Crippen LogP contribution in [0.15, 0.2) is 41.6 Å². The third-order valence-corrected chi connectivity index (χ3v) is 8.82. The Kier molecular flexibility index (Phi) is 6.05. The number of fused-ring (bicyclic) bond motifs is 1. The van der Waals surface area contributed by atoms with Crippen molar-refractivity contribution in [2.75, 3.05) is 22.6 Å². The quantitative estimate of drug-likeness (QED) is 0.538. The number of amides is 1. The number of benzene rings is 1. The maximum Gasteiger partial charge on any atom is 0.235 e. The number of imidazole rings is 1. The number of rotatable bonds is 6. The lowest BCUT2D eigenvalue weighted by molar-refractivity contribution is -0.113. The van der Waals surface area contributed by atoms with E-state index in [4.69, 9.17) is 4.98 Å². The number of aromatic nitrogens is 4. The van der Waals surface area contributed by atoms with Crippen LogP contribution in [0, 0.1) is 6.92 Å². The van der Waals surface area contributed by atoms with Gasteiger partial charge in [0, 0.05) is 17.4 Å². The summed E-state index contributed by atoms with van der Waals surface area (Å²) in [5, 5.41) is 8.21. The van der Waals surface area contributed by atoms with Crippen LogP contribution in [0.3, 0.4) is 0 Å². The Morgan fingerprint density at radius 2 is 2.00 bits per heavy atom. The van der Waals surface area contributed by atoms with Gasteiger partial charge in [-0.25, -0.2) is 18.1 Å². The highest BCUT2D eigenvalue weighted by Gasteiger charge is 2.31. The highest BCUT2D eigenvalue weighted by Crippen LogP contribution is 2.31. The van der Waals surface area contributed by atoms with Crippen molar-refractivity contribution < 1.29 is 13.2 Å². The number of carbonyl (C=O) groups is 1. The fourth-order valence-corrected chi connectivity index (χ4v) is 7.17. The average molecular weight is 486 g/mol. The van der Waals surface area contributed by atoms with Gasteiger partial charge >= 0.3 is 0 Å². The molecule has 1 saturated heterocycles. The van der Waals surface area contributed by atoms with Crippen molar-refractivity contribution in [3.63, 3.8) is 0 Å². The summed E-state index contributed by atoms with van der Waals surface area (Å²) in [5.74, 6) is 0.808. The molecule has 1 amide bonds. The molecule has 1 atom stereocenters. The van der Waals surface area contributed by atoms with Crippen LogP contribution in [-0.4, -0.2) is 50.9 Å². The Labute approximate surface area is 197 Å². The van der Waals surface area contributed by atoms with Crippen LogP contribution < -0.4 is 5.32 Å². The van der Waals surface area contributed by atoms with Crippen molar-refractivity contribution in [1.82, 2.24) is 19.3 Å². The molecule has 0 saturated carbocycles. The van der Waals surface area contributed by atoms with E-state index in [1.54, 1.807) is 10.7 Å². The number of nitrogens with zero attached hydrogens (tertiary/aromatic N) is 4. The largest absolute Gasteiger partial charge is 0.310 e. The minimum absolute atomic E-state index is 0.0613. The molecule has 2 aromatic heterocycles. The molecule has 3 heterocycles. The van der Waals surface area contributed by atoms with E-state index in [0.717, 1.165) is 47.9 Å². The van der Waals surface area contributed by atoms with Gasteiger partial charge in [0.15, 0.2) is 15.0 Å². The topological polar surface area (TPSA) is 98.9 Å². The number of hydrogen-bond acceptors (Lipinski definition) is 6. The van der Waals surface area contributed by atoms with E-state index in [1.807, 2.05) is 25.1 Å². The van der Waals surface area contributed by atoms with Gasteiger partial charge in [-0.3, -0.25) is 9.36 Å². The summed E-state index contributed by atoms with van der Waals surface area (Å²) in [5.41, 5.74) is 4.18. The second kappa shape index (κ2) is 8.98. The molecule has 1 aliphatic heterocycles. The molecule has 2 aliphatic rings. The fourth-order valence-electron chi connectivity index (χ4n) is 4.62. The first-order valence-electron chi connectivity index (χ1n) is 11.2. The van der Waals surface area contributed by atoms with Gasteiger partial charge in [-0.05, 0) is 51.2 Å². The second-order valence-corrected chi connectivity index (χ2v) is 11.8. The molecule has 1 fully saturated rings. The van der Waals surface area contributed by atoms with Gasteiger partial charge in [0.25, 0.3) is 0 Å². The lowest BCUT2D eigenvalue weighted by Crippen LogP contribution is -2.20. The number of carbonyl (C=O) groups excluding carboxylic acids is 1. The van der Waals surface area contributed by atoms with Crippen molar-refractivity contribution in [1.29, 1.82) is 0 Å². The van der Waals surface area contributed by atoms with E-state index in [2.05, 4.69) is 27.1 Å². The standard InChI is InChI=1S/C23H27N5O3S2/c1-16-13-21(28(26-16)18-11-12-33(30,31)15-18)25-22(29)14-32-23-24-19-9-5-6-10-20(19)27(23)17-7-3-2-4-8-17/h2-4,7-8,13,18H,5-6,9-12,14-15H2,1H3,(H,25,29). The van der Waals surface area contributed by atoms with Gasteiger partial charge in [0.05, 0.1) is 34.7 Å². The zero-order chi connectivity index (χ0) is 23.0. The highest BCUT2D eigenvalue weighted by molar-refractivity contribution is 7.99. The number of anilines is 1. The van der Waals surface area contributed by atoms with E-state index in [-0.39, 0.29) is 29.2 Å². The minimum Gasteiger partial charge on any atom is -0.310 e. The SMILES string of the molecule is Cc1cc(NC(=O)CSc2nc3c(n2-c2ccccc2)CCCC3)n(C2CCS(=O)(=O)C2)n1. The smallest absolute Gasteiger partial charge is 0.235 e. The van der Waals surface area contributed by atoms with Crippen LogP contribution in [0.5, 0.6) is 0 Å². The summed E-state index contributed by atoms with van der Waals surface area (Å²) in [4.78, 5) is 17.7. The maximum absolute atomic E-state index is 12.9. The van der Waals surface area contributed by atoms with Gasteiger partial charge < -0.3 is 5.32 Å². The molecule has 5 rings (SSSR count). The van der Waals surface area contributed by atoms with E-state index in [9.17, 15) is 13.2 Å². The molecule has 8 nitrogen and oxygen atoms in total. The maximum atomic E-state index is 12.9. The molecule has 3 aromatic rings. The lowest BCUT2D eigenvalue weighted by Gasteiger charge is -2.15. The van der Waals surface area contributed by atoms with E-state index in [1.165, 1.54) is 17.5 Å². The third kappa shape index (κ3) is 4.72. The molecular formula is C23H27N5O3S2. The first kappa shape index (κ1) is 22.2. The van der Waals surface area contributed by atoms with Crippen molar-refractivity contribution in [2.45, 2.75) is 50.2 Å². The summed E-state index contributed by atoms with van der Waals surface area (Å²) >= 11 is 1.42. The van der Waals surface area contributed by atoms with Gasteiger partial charge in [-0.2, -0.15) is 5.10 Å². The average Bonchev–Trinajstić information content (AvgIpc) is 3.46. The molecule has 1 unspecified atom stereocenters. The van der Waals surface area contributed by atoms with Gasteiger partial charge in [-0.15, -0.1) is 0 Å². The normalized spacial score (nSPS) is 19.4. The molecule has 0 radical (unpaired) electrons. The Bertz CT molecular complexity index is 1280. The molecule has 174 valence electrons. The van der Waals surface area contributed by atoms with E-state index in [0.29, 0.717) is 12.2 Å². The molecule has 1 N–H and O–H groups in total. The highest BCUT2D eigenvalue weighted by atomic mass is 32.2.